The van der Waals surface area contributed by atoms with Gasteiger partial charge in [-0.15, -0.1) is 5.10 Å². The molecule has 0 saturated heterocycles. The second kappa shape index (κ2) is 4.77. The Morgan fingerprint density at radius 1 is 1.00 bits per heavy atom. The van der Waals surface area contributed by atoms with Crippen LogP contribution in [0.25, 0.3) is 5.69 Å². The van der Waals surface area contributed by atoms with Gasteiger partial charge in [0.25, 0.3) is 0 Å². The molecule has 0 radical (unpaired) electrons. The van der Waals surface area contributed by atoms with Gasteiger partial charge in [-0.2, -0.15) is 0 Å². The summed E-state index contributed by atoms with van der Waals surface area (Å²) in [5.74, 6) is -0.213. The monoisotopic (exact) mass is 251 g/mol. The maximum Gasteiger partial charge on any atom is 0.216 e. The van der Waals surface area contributed by atoms with Gasteiger partial charge in [-0.25, -0.2) is 14.6 Å². The van der Waals surface area contributed by atoms with E-state index in [-0.39, 0.29) is 5.78 Å². The van der Waals surface area contributed by atoms with Crippen LogP contribution in [0, 0.1) is 0 Å². The predicted octanol–water partition coefficient (Wildman–Crippen LogP) is 1.29. The molecule has 19 heavy (non-hydrogen) atoms. The Bertz CT molecular complexity index is 693. The topological polar surface area (TPSA) is 73.6 Å². The van der Waals surface area contributed by atoms with E-state index in [0.717, 1.165) is 5.69 Å². The van der Waals surface area contributed by atoms with E-state index in [2.05, 4.69) is 20.3 Å². The van der Waals surface area contributed by atoms with Crippen LogP contribution in [-0.4, -0.2) is 30.7 Å². The van der Waals surface area contributed by atoms with E-state index in [1.165, 1.54) is 29.6 Å². The van der Waals surface area contributed by atoms with Crippen LogP contribution in [0.15, 0.2) is 55.2 Å². The molecular weight excluding hydrogens is 242 g/mol. The first-order valence-electron chi connectivity index (χ1n) is 5.62. The second-order valence-corrected chi connectivity index (χ2v) is 3.82. The van der Waals surface area contributed by atoms with Crippen LogP contribution in [0.3, 0.4) is 0 Å². The third kappa shape index (κ3) is 2.11. The van der Waals surface area contributed by atoms with Gasteiger partial charge in [0.15, 0.2) is 0 Å². The number of benzene rings is 1. The summed E-state index contributed by atoms with van der Waals surface area (Å²) < 4.78 is 1.50. The highest BCUT2D eigenvalue weighted by molar-refractivity contribution is 6.07. The van der Waals surface area contributed by atoms with E-state index in [1.54, 1.807) is 0 Å². The Hall–Kier alpha value is -2.89. The molecule has 0 atom stereocenters. The lowest BCUT2D eigenvalue weighted by atomic mass is 10.1. The van der Waals surface area contributed by atoms with Crippen LogP contribution < -0.4 is 0 Å². The first-order chi connectivity index (χ1) is 9.36. The normalized spacial score (nSPS) is 10.3. The van der Waals surface area contributed by atoms with Gasteiger partial charge >= 0.3 is 0 Å². The van der Waals surface area contributed by atoms with E-state index in [4.69, 9.17) is 0 Å². The van der Waals surface area contributed by atoms with Gasteiger partial charge in [-0.05, 0) is 12.1 Å². The highest BCUT2D eigenvalue weighted by atomic mass is 16.1. The average molecular weight is 251 g/mol. The van der Waals surface area contributed by atoms with Gasteiger partial charge in [0.1, 0.15) is 12.0 Å². The van der Waals surface area contributed by atoms with Crippen LogP contribution in [-0.2, 0) is 0 Å². The van der Waals surface area contributed by atoms with E-state index in [1.807, 2.05) is 30.3 Å². The summed E-state index contributed by atoms with van der Waals surface area (Å²) in [5, 5.41) is 7.73. The third-order valence-corrected chi connectivity index (χ3v) is 2.61. The highest BCUT2D eigenvalue weighted by Crippen LogP contribution is 2.12. The van der Waals surface area contributed by atoms with Crippen LogP contribution in [0.1, 0.15) is 16.1 Å². The highest BCUT2D eigenvalue weighted by Gasteiger charge is 2.16. The van der Waals surface area contributed by atoms with Gasteiger partial charge in [0.2, 0.25) is 5.78 Å². The Morgan fingerprint density at radius 2 is 1.74 bits per heavy atom. The number of nitrogens with zero attached hydrogens (tertiary/aromatic N) is 5. The molecule has 0 fully saturated rings. The summed E-state index contributed by atoms with van der Waals surface area (Å²) in [7, 11) is 0. The molecule has 0 amide bonds. The minimum atomic E-state index is -0.213. The predicted molar refractivity (Wildman–Crippen MR) is 66.8 cm³/mol. The smallest absolute Gasteiger partial charge is 0.216 e. The molecule has 0 N–H and O–H groups in total. The van der Waals surface area contributed by atoms with Crippen molar-refractivity contribution in [2.75, 3.05) is 0 Å². The fourth-order valence-electron chi connectivity index (χ4n) is 1.71. The van der Waals surface area contributed by atoms with E-state index >= 15 is 0 Å². The molecule has 92 valence electrons. The van der Waals surface area contributed by atoms with Crippen LogP contribution >= 0.6 is 0 Å². The number of hydrogen-bond acceptors (Lipinski definition) is 5. The average Bonchev–Trinajstić information content (AvgIpc) is 2.98. The van der Waals surface area contributed by atoms with Crippen LogP contribution in [0.2, 0.25) is 0 Å². The molecule has 0 aliphatic rings. The molecule has 2 aromatic heterocycles. The molecule has 0 unspecified atom stereocenters. The van der Waals surface area contributed by atoms with Crippen LogP contribution in [0.4, 0.5) is 0 Å². The van der Waals surface area contributed by atoms with Crippen molar-refractivity contribution in [2.45, 2.75) is 0 Å². The molecule has 1 aromatic carbocycles. The van der Waals surface area contributed by atoms with E-state index in [0.29, 0.717) is 11.3 Å². The van der Waals surface area contributed by atoms with Gasteiger partial charge in [0.05, 0.1) is 17.4 Å². The summed E-state index contributed by atoms with van der Waals surface area (Å²) >= 11 is 0. The zero-order valence-electron chi connectivity index (χ0n) is 9.84. The SMILES string of the molecule is O=C(c1cncnc1)c1cnnn1-c1ccccc1. The quantitative estimate of drug-likeness (QED) is 0.656. The summed E-state index contributed by atoms with van der Waals surface area (Å²) in [6.45, 7) is 0. The van der Waals surface area contributed by atoms with Gasteiger partial charge in [0, 0.05) is 12.4 Å². The van der Waals surface area contributed by atoms with Crippen molar-refractivity contribution in [1.82, 2.24) is 25.0 Å². The number of hydrogen-bond donors (Lipinski definition) is 0. The maximum absolute atomic E-state index is 12.3. The van der Waals surface area contributed by atoms with Crippen molar-refractivity contribution in [1.29, 1.82) is 0 Å². The number of aromatic nitrogens is 5. The molecule has 2 heterocycles. The summed E-state index contributed by atoms with van der Waals surface area (Å²) in [4.78, 5) is 20.0. The lowest BCUT2D eigenvalue weighted by Crippen LogP contribution is -2.10. The molecule has 3 rings (SSSR count). The first kappa shape index (κ1) is 11.2. The summed E-state index contributed by atoms with van der Waals surface area (Å²) in [6, 6.07) is 9.35. The number of rotatable bonds is 3. The first-order valence-corrected chi connectivity index (χ1v) is 5.62. The lowest BCUT2D eigenvalue weighted by Gasteiger charge is -2.04. The molecule has 0 saturated carbocycles. The lowest BCUT2D eigenvalue weighted by molar-refractivity contribution is 0.103. The number of carbonyl (C=O) groups is 1. The van der Waals surface area contributed by atoms with E-state index < -0.39 is 0 Å². The molecule has 3 aromatic rings. The molecule has 0 aliphatic heterocycles. The molecule has 6 heteroatoms. The molecule has 0 bridgehead atoms. The minimum Gasteiger partial charge on any atom is -0.287 e. The van der Waals surface area contributed by atoms with E-state index in [9.17, 15) is 4.79 Å². The van der Waals surface area contributed by atoms with Gasteiger partial charge in [-0.3, -0.25) is 4.79 Å². The third-order valence-electron chi connectivity index (χ3n) is 2.61. The van der Waals surface area contributed by atoms with Crippen molar-refractivity contribution in [3.05, 3.63) is 66.5 Å². The number of para-hydroxylation sites is 1. The van der Waals surface area contributed by atoms with Crippen molar-refractivity contribution < 1.29 is 4.79 Å². The maximum atomic E-state index is 12.3. The Kier molecular flexibility index (Phi) is 2.82. The molecule has 0 spiro atoms. The fraction of sp³-hybridized carbons (Fsp3) is 0. The largest absolute Gasteiger partial charge is 0.287 e. The Balaban J connectivity index is 2.04. The number of ketones is 1. The second-order valence-electron chi connectivity index (χ2n) is 3.82. The summed E-state index contributed by atoms with van der Waals surface area (Å²) in [6.07, 6.45) is 5.75. The molecular formula is C13H9N5O. The molecule has 0 aliphatic carbocycles. The Morgan fingerprint density at radius 3 is 2.47 bits per heavy atom. The molecule has 6 nitrogen and oxygen atoms in total. The van der Waals surface area contributed by atoms with Crippen molar-refractivity contribution in [3.63, 3.8) is 0 Å². The zero-order valence-corrected chi connectivity index (χ0v) is 9.84. The number of carbonyl (C=O) groups excluding carboxylic acids is 1. The Labute approximate surface area is 108 Å². The van der Waals surface area contributed by atoms with Crippen LogP contribution in [0.5, 0.6) is 0 Å². The fourth-order valence-corrected chi connectivity index (χ4v) is 1.71. The van der Waals surface area contributed by atoms with Gasteiger partial charge < -0.3 is 0 Å². The van der Waals surface area contributed by atoms with Gasteiger partial charge in [-0.1, -0.05) is 23.4 Å². The van der Waals surface area contributed by atoms with Crippen molar-refractivity contribution in [2.24, 2.45) is 0 Å². The minimum absolute atomic E-state index is 0.213. The van der Waals surface area contributed by atoms with Crippen molar-refractivity contribution >= 4 is 5.78 Å². The van der Waals surface area contributed by atoms with Crippen molar-refractivity contribution in [3.8, 4) is 5.69 Å². The standard InChI is InChI=1S/C13H9N5O/c19-13(10-6-14-9-15-7-10)12-8-16-17-18(12)11-4-2-1-3-5-11/h1-9H. The zero-order chi connectivity index (χ0) is 13.1. The summed E-state index contributed by atoms with van der Waals surface area (Å²) in [5.41, 5.74) is 1.56.